The second kappa shape index (κ2) is 9.68. The van der Waals surface area contributed by atoms with Crippen molar-refractivity contribution in [2.45, 2.75) is 25.9 Å². The number of nitrogens with one attached hydrogen (secondary N) is 2. The van der Waals surface area contributed by atoms with E-state index < -0.39 is 0 Å². The molecule has 2 atom stereocenters. The molecule has 1 fully saturated rings. The second-order valence-corrected chi connectivity index (χ2v) is 8.93. The largest absolute Gasteiger partial charge is 0.352 e. The Bertz CT molecular complexity index is 1340. The van der Waals surface area contributed by atoms with E-state index in [9.17, 15) is 4.79 Å². The van der Waals surface area contributed by atoms with Gasteiger partial charge in [0.1, 0.15) is 6.54 Å². The van der Waals surface area contributed by atoms with Crippen LogP contribution in [-0.2, 0) is 4.79 Å². The Morgan fingerprint density at radius 1 is 1.06 bits per heavy atom. The summed E-state index contributed by atoms with van der Waals surface area (Å²) >= 11 is 5.74. The summed E-state index contributed by atoms with van der Waals surface area (Å²) in [7, 11) is 0. The molecule has 5 rings (SSSR count). The molecule has 2 N–H and O–H groups in total. The summed E-state index contributed by atoms with van der Waals surface area (Å²) in [6.45, 7) is 4.28. The lowest BCUT2D eigenvalue weighted by Gasteiger charge is -2.27. The highest BCUT2D eigenvalue weighted by Crippen LogP contribution is 2.41. The summed E-state index contributed by atoms with van der Waals surface area (Å²) < 4.78 is 2.18. The summed E-state index contributed by atoms with van der Waals surface area (Å²) in [6.07, 6.45) is 5.39. The van der Waals surface area contributed by atoms with E-state index in [4.69, 9.17) is 12.2 Å². The van der Waals surface area contributed by atoms with Gasteiger partial charge in [0.15, 0.2) is 5.11 Å². The zero-order valence-corrected chi connectivity index (χ0v) is 20.4. The molecule has 35 heavy (non-hydrogen) atoms. The summed E-state index contributed by atoms with van der Waals surface area (Å²) in [4.78, 5) is 23.9. The first kappa shape index (κ1) is 22.7. The van der Waals surface area contributed by atoms with E-state index in [0.29, 0.717) is 5.11 Å². The highest BCUT2D eigenvalue weighted by Gasteiger charge is 2.42. The van der Waals surface area contributed by atoms with E-state index in [1.807, 2.05) is 71.8 Å². The first-order valence-electron chi connectivity index (χ1n) is 11.4. The quantitative estimate of drug-likeness (QED) is 0.394. The molecule has 1 amide bonds. The Hall–Kier alpha value is -4.04. The van der Waals surface area contributed by atoms with E-state index in [1.54, 1.807) is 12.4 Å². The minimum absolute atomic E-state index is 0.116. The summed E-state index contributed by atoms with van der Waals surface area (Å²) in [6, 6.07) is 21.0. The number of aromatic nitrogens is 3. The Morgan fingerprint density at radius 3 is 2.57 bits per heavy atom. The summed E-state index contributed by atoms with van der Waals surface area (Å²) in [5, 5.41) is 6.93. The van der Waals surface area contributed by atoms with Gasteiger partial charge in [-0.1, -0.05) is 24.3 Å². The SMILES string of the molecule is Cc1cc(C2C(c3ccccn3)NC(=S)N2CC(=O)Nc2ccccc2)c(C)n1-c1cccnc1. The van der Waals surface area contributed by atoms with E-state index in [-0.39, 0.29) is 24.5 Å². The third-order valence-electron chi connectivity index (χ3n) is 6.26. The molecule has 1 aliphatic heterocycles. The van der Waals surface area contributed by atoms with Crippen molar-refractivity contribution in [3.05, 3.63) is 108 Å². The molecule has 0 spiro atoms. The number of aryl methyl sites for hydroxylation is 1. The van der Waals surface area contributed by atoms with Crippen molar-refractivity contribution < 1.29 is 4.79 Å². The smallest absolute Gasteiger partial charge is 0.244 e. The van der Waals surface area contributed by atoms with Crippen molar-refractivity contribution in [2.24, 2.45) is 0 Å². The number of thiocarbonyl (C=S) groups is 1. The predicted molar refractivity (Wildman–Crippen MR) is 140 cm³/mol. The van der Waals surface area contributed by atoms with Crippen LogP contribution >= 0.6 is 12.2 Å². The molecule has 0 radical (unpaired) electrons. The molecule has 4 aromatic rings. The van der Waals surface area contributed by atoms with Gasteiger partial charge < -0.3 is 20.1 Å². The molecule has 1 aliphatic rings. The highest BCUT2D eigenvalue weighted by atomic mass is 32.1. The number of amides is 1. The van der Waals surface area contributed by atoms with Crippen LogP contribution in [-0.4, -0.2) is 37.0 Å². The van der Waals surface area contributed by atoms with Crippen molar-refractivity contribution in [1.29, 1.82) is 0 Å². The topological polar surface area (TPSA) is 75.1 Å². The van der Waals surface area contributed by atoms with E-state index in [1.165, 1.54) is 0 Å². The van der Waals surface area contributed by atoms with Gasteiger partial charge in [-0.15, -0.1) is 0 Å². The van der Waals surface area contributed by atoms with Gasteiger partial charge in [-0.3, -0.25) is 14.8 Å². The number of hydrogen-bond donors (Lipinski definition) is 2. The molecular weight excluding hydrogens is 456 g/mol. The molecule has 1 saturated heterocycles. The average Bonchev–Trinajstić information content (AvgIpc) is 3.35. The number of benzene rings is 1. The number of nitrogens with zero attached hydrogens (tertiary/aromatic N) is 4. The number of pyridine rings is 2. The number of anilines is 1. The normalized spacial score (nSPS) is 17.3. The van der Waals surface area contributed by atoms with E-state index in [0.717, 1.165) is 34.0 Å². The van der Waals surface area contributed by atoms with Gasteiger partial charge in [0.05, 0.1) is 29.7 Å². The van der Waals surface area contributed by atoms with Crippen LogP contribution in [0.4, 0.5) is 5.69 Å². The maximum absolute atomic E-state index is 13.0. The van der Waals surface area contributed by atoms with Gasteiger partial charge in [0, 0.05) is 29.5 Å². The molecule has 1 aromatic carbocycles. The minimum atomic E-state index is -0.212. The minimum Gasteiger partial charge on any atom is -0.352 e. The van der Waals surface area contributed by atoms with Crippen LogP contribution in [0.1, 0.15) is 34.7 Å². The van der Waals surface area contributed by atoms with Gasteiger partial charge >= 0.3 is 0 Å². The first-order chi connectivity index (χ1) is 17.0. The fourth-order valence-corrected chi connectivity index (χ4v) is 5.07. The Balaban J connectivity index is 1.53. The van der Waals surface area contributed by atoms with Crippen LogP contribution in [0.25, 0.3) is 5.69 Å². The Kier molecular flexibility index (Phi) is 6.29. The van der Waals surface area contributed by atoms with Gasteiger partial charge in [-0.2, -0.15) is 0 Å². The van der Waals surface area contributed by atoms with Crippen molar-refractivity contribution in [1.82, 2.24) is 24.8 Å². The molecule has 2 unspecified atom stereocenters. The second-order valence-electron chi connectivity index (χ2n) is 8.54. The monoisotopic (exact) mass is 482 g/mol. The van der Waals surface area contributed by atoms with Crippen LogP contribution in [0.3, 0.4) is 0 Å². The zero-order chi connectivity index (χ0) is 24.4. The van der Waals surface area contributed by atoms with Gasteiger partial charge in [-0.25, -0.2) is 0 Å². The molecular formula is C27H26N6OS. The Morgan fingerprint density at radius 2 is 1.86 bits per heavy atom. The lowest BCUT2D eigenvalue weighted by atomic mass is 9.96. The standard InChI is InChI=1S/C27H26N6OS/c1-18-15-22(19(2)33(18)21-11-8-13-28-16-21)26-25(23-12-6-7-14-29-23)31-27(35)32(26)17-24(34)30-20-9-4-3-5-10-20/h3-16,25-26H,17H2,1-2H3,(H,30,34)(H,31,35). The van der Waals surface area contributed by atoms with Crippen molar-refractivity contribution >= 4 is 28.9 Å². The highest BCUT2D eigenvalue weighted by molar-refractivity contribution is 7.80. The third-order valence-corrected chi connectivity index (χ3v) is 6.61. The molecule has 7 nitrogen and oxygen atoms in total. The van der Waals surface area contributed by atoms with Gasteiger partial charge in [0.25, 0.3) is 0 Å². The third kappa shape index (κ3) is 4.52. The average molecular weight is 483 g/mol. The van der Waals surface area contributed by atoms with Crippen LogP contribution < -0.4 is 10.6 Å². The lowest BCUT2D eigenvalue weighted by molar-refractivity contribution is -0.116. The van der Waals surface area contributed by atoms with E-state index >= 15 is 0 Å². The number of carbonyl (C=O) groups excluding carboxylic acids is 1. The van der Waals surface area contributed by atoms with Crippen LogP contribution in [0.15, 0.2) is 85.3 Å². The van der Waals surface area contributed by atoms with Crippen molar-refractivity contribution in [3.8, 4) is 5.69 Å². The zero-order valence-electron chi connectivity index (χ0n) is 19.6. The van der Waals surface area contributed by atoms with Crippen molar-refractivity contribution in [3.63, 3.8) is 0 Å². The van der Waals surface area contributed by atoms with Crippen LogP contribution in [0.2, 0.25) is 0 Å². The fourth-order valence-electron chi connectivity index (χ4n) is 4.76. The number of hydrogen-bond acceptors (Lipinski definition) is 4. The molecule has 0 saturated carbocycles. The molecule has 4 heterocycles. The van der Waals surface area contributed by atoms with E-state index in [2.05, 4.69) is 45.1 Å². The first-order valence-corrected chi connectivity index (χ1v) is 11.9. The summed E-state index contributed by atoms with van der Waals surface area (Å²) in [5.41, 5.74) is 5.85. The fraction of sp³-hybridized carbons (Fsp3) is 0.185. The Labute approximate surface area is 209 Å². The number of carbonyl (C=O) groups is 1. The summed E-state index contributed by atoms with van der Waals surface area (Å²) in [5.74, 6) is -0.131. The van der Waals surface area contributed by atoms with Crippen LogP contribution in [0.5, 0.6) is 0 Å². The van der Waals surface area contributed by atoms with Crippen LogP contribution in [0, 0.1) is 13.8 Å². The molecule has 8 heteroatoms. The lowest BCUT2D eigenvalue weighted by Crippen LogP contribution is -2.37. The molecule has 0 bridgehead atoms. The number of para-hydroxylation sites is 1. The van der Waals surface area contributed by atoms with Crippen molar-refractivity contribution in [2.75, 3.05) is 11.9 Å². The molecule has 3 aromatic heterocycles. The molecule has 0 aliphatic carbocycles. The maximum atomic E-state index is 13.0. The van der Waals surface area contributed by atoms with Gasteiger partial charge in [-0.05, 0) is 74.1 Å². The van der Waals surface area contributed by atoms with Gasteiger partial charge in [0.2, 0.25) is 5.91 Å². The predicted octanol–water partition coefficient (Wildman–Crippen LogP) is 4.50. The maximum Gasteiger partial charge on any atom is 0.244 e. The molecule has 176 valence electrons. The number of rotatable bonds is 6.